The summed E-state index contributed by atoms with van der Waals surface area (Å²) in [5.41, 5.74) is 0. The van der Waals surface area contributed by atoms with E-state index in [-0.39, 0.29) is 0 Å². The summed E-state index contributed by atoms with van der Waals surface area (Å²) < 4.78 is 13.6. The van der Waals surface area contributed by atoms with Crippen molar-refractivity contribution in [1.82, 2.24) is 0 Å². The van der Waals surface area contributed by atoms with Gasteiger partial charge in [-0.05, 0) is 6.42 Å². The molecule has 0 aromatic heterocycles. The quantitative estimate of drug-likeness (QED) is 0.313. The molecule has 20 heavy (non-hydrogen) atoms. The lowest BCUT2D eigenvalue weighted by Crippen LogP contribution is -2.24. The molecule has 0 saturated carbocycles. The van der Waals surface area contributed by atoms with Crippen LogP contribution in [-0.2, 0) is 9.30 Å². The third kappa shape index (κ3) is 36.1. The standard InChI is InChI=1S/C14H28O.H3O4P/c1-3-5-6-7-8-9-10-11-12-13-14-15-4-2;1-5(2,3)4/h4H,2-3,5-14H2,1H3;(H3,1,2,3,4)/p-3. The van der Waals surface area contributed by atoms with E-state index in [1.54, 1.807) is 0 Å². The molecule has 0 saturated heterocycles. The molecule has 0 unspecified atom stereocenters. The van der Waals surface area contributed by atoms with Crippen molar-refractivity contribution in [1.29, 1.82) is 0 Å². The highest BCUT2D eigenvalue weighted by Crippen LogP contribution is 2.10. The Morgan fingerprint density at radius 1 is 0.900 bits per heavy atom. The first-order valence-electron chi connectivity index (χ1n) is 7.37. The maximum Gasteiger partial charge on any atom is 0.0873 e. The van der Waals surface area contributed by atoms with Gasteiger partial charge in [0.2, 0.25) is 0 Å². The van der Waals surface area contributed by atoms with Gasteiger partial charge in [-0.15, -0.1) is 0 Å². The number of unbranched alkanes of at least 4 members (excludes halogenated alkanes) is 9. The zero-order valence-corrected chi connectivity index (χ0v) is 13.4. The van der Waals surface area contributed by atoms with Crippen LogP contribution in [0.1, 0.15) is 71.1 Å². The van der Waals surface area contributed by atoms with Crippen LogP contribution >= 0.6 is 7.82 Å². The number of hydrogen-bond donors (Lipinski definition) is 0. The van der Waals surface area contributed by atoms with Crippen molar-refractivity contribution in [2.45, 2.75) is 71.1 Å². The Balaban J connectivity index is 0. The van der Waals surface area contributed by atoms with Crippen LogP contribution in [0, 0.1) is 0 Å². The minimum atomic E-state index is -5.39. The predicted octanol–water partition coefficient (Wildman–Crippen LogP) is 2.24. The lowest BCUT2D eigenvalue weighted by atomic mass is 10.1. The second-order valence-electron chi connectivity index (χ2n) is 4.67. The van der Waals surface area contributed by atoms with Crippen molar-refractivity contribution in [3.63, 3.8) is 0 Å². The highest BCUT2D eigenvalue weighted by Gasteiger charge is 1.92. The van der Waals surface area contributed by atoms with Gasteiger partial charge in [-0.3, -0.25) is 0 Å². The molecule has 0 bridgehead atoms. The van der Waals surface area contributed by atoms with E-state index < -0.39 is 7.82 Å². The molecule has 0 N–H and O–H groups in total. The largest absolute Gasteiger partial charge is 0.822 e. The molecule has 5 nitrogen and oxygen atoms in total. The van der Waals surface area contributed by atoms with Gasteiger partial charge in [-0.2, -0.15) is 7.82 Å². The summed E-state index contributed by atoms with van der Waals surface area (Å²) in [6.45, 7) is 6.64. The van der Waals surface area contributed by atoms with E-state index in [9.17, 15) is 0 Å². The minimum absolute atomic E-state index is 0.847. The number of phosphoric acid groups is 1. The number of ether oxygens (including phenoxy) is 1. The van der Waals surface area contributed by atoms with Gasteiger partial charge < -0.3 is 24.0 Å². The summed E-state index contributed by atoms with van der Waals surface area (Å²) in [5.74, 6) is 0. The zero-order valence-electron chi connectivity index (χ0n) is 12.6. The topological polar surface area (TPSA) is 95.5 Å². The van der Waals surface area contributed by atoms with Crippen molar-refractivity contribution in [3.8, 4) is 0 Å². The molecule has 122 valence electrons. The SMILES string of the molecule is C=COCCCCCCCCCCCC.O=P([O-])([O-])[O-]. The highest BCUT2D eigenvalue weighted by molar-refractivity contribution is 7.40. The Labute approximate surface area is 123 Å². The van der Waals surface area contributed by atoms with E-state index >= 15 is 0 Å². The van der Waals surface area contributed by atoms with Crippen LogP contribution in [0.3, 0.4) is 0 Å². The van der Waals surface area contributed by atoms with Crippen LogP contribution in [-0.4, -0.2) is 6.61 Å². The van der Waals surface area contributed by atoms with Gasteiger partial charge in [0.1, 0.15) is 0 Å². The fraction of sp³-hybridized carbons (Fsp3) is 0.857. The maximum atomic E-state index is 8.55. The van der Waals surface area contributed by atoms with Crippen molar-refractivity contribution >= 4 is 7.82 Å². The van der Waals surface area contributed by atoms with Gasteiger partial charge in [0.05, 0.1) is 12.9 Å². The molecule has 0 spiro atoms. The average molecular weight is 307 g/mol. The smallest absolute Gasteiger partial charge is 0.0873 e. The lowest BCUT2D eigenvalue weighted by molar-refractivity contribution is -0.432. The monoisotopic (exact) mass is 307 g/mol. The minimum Gasteiger partial charge on any atom is -0.822 e. The van der Waals surface area contributed by atoms with Gasteiger partial charge in [0.15, 0.2) is 0 Å². The van der Waals surface area contributed by atoms with E-state index in [2.05, 4.69) is 13.5 Å². The van der Waals surface area contributed by atoms with Gasteiger partial charge in [0, 0.05) is 0 Å². The Kier molecular flexibility index (Phi) is 18.3. The average Bonchev–Trinajstić information content (AvgIpc) is 2.34. The maximum absolute atomic E-state index is 8.55. The molecular formula is C14H28O5P-3. The van der Waals surface area contributed by atoms with Crippen LogP contribution in [0.15, 0.2) is 12.8 Å². The molecule has 0 heterocycles. The van der Waals surface area contributed by atoms with Gasteiger partial charge in [0.25, 0.3) is 0 Å². The molecule has 0 radical (unpaired) electrons. The zero-order chi connectivity index (χ0) is 15.7. The summed E-state index contributed by atoms with van der Waals surface area (Å²) in [4.78, 5) is 25.6. The molecule has 0 aromatic rings. The van der Waals surface area contributed by atoms with E-state index in [4.69, 9.17) is 24.0 Å². The summed E-state index contributed by atoms with van der Waals surface area (Å²) in [7, 11) is -5.39. The lowest BCUT2D eigenvalue weighted by Gasteiger charge is -2.36. The second kappa shape index (κ2) is 16.7. The molecule has 6 heteroatoms. The van der Waals surface area contributed by atoms with E-state index in [0.29, 0.717) is 0 Å². The van der Waals surface area contributed by atoms with Crippen molar-refractivity contribution in [2.24, 2.45) is 0 Å². The molecule has 0 rings (SSSR count). The van der Waals surface area contributed by atoms with E-state index in [1.807, 2.05) is 0 Å². The Bertz CT molecular complexity index is 231. The third-order valence-electron chi connectivity index (χ3n) is 2.73. The van der Waals surface area contributed by atoms with Crippen LogP contribution in [0.5, 0.6) is 0 Å². The normalized spacial score (nSPS) is 10.6. The summed E-state index contributed by atoms with van der Waals surface area (Å²) in [6.07, 6.45) is 15.3. The highest BCUT2D eigenvalue weighted by atomic mass is 31.2. The molecule has 0 amide bonds. The Morgan fingerprint density at radius 3 is 1.60 bits per heavy atom. The molecule has 0 fully saturated rings. The molecule has 0 atom stereocenters. The first kappa shape index (κ1) is 21.9. The van der Waals surface area contributed by atoms with Crippen LogP contribution in [0.4, 0.5) is 0 Å². The molecule has 0 aliphatic heterocycles. The van der Waals surface area contributed by atoms with Crippen molar-refractivity contribution in [2.75, 3.05) is 6.61 Å². The van der Waals surface area contributed by atoms with Crippen LogP contribution < -0.4 is 14.7 Å². The first-order valence-corrected chi connectivity index (χ1v) is 8.83. The summed E-state index contributed by atoms with van der Waals surface area (Å²) in [5, 5.41) is 0. The van der Waals surface area contributed by atoms with Gasteiger partial charge >= 0.3 is 0 Å². The molecule has 0 aliphatic carbocycles. The second-order valence-corrected chi connectivity index (χ2v) is 5.56. The van der Waals surface area contributed by atoms with Gasteiger partial charge in [-0.25, -0.2) is 0 Å². The number of hydrogen-bond acceptors (Lipinski definition) is 5. The molecular weight excluding hydrogens is 279 g/mol. The van der Waals surface area contributed by atoms with Crippen LogP contribution in [0.25, 0.3) is 0 Å². The fourth-order valence-electron chi connectivity index (χ4n) is 1.76. The third-order valence-corrected chi connectivity index (χ3v) is 2.73. The summed E-state index contributed by atoms with van der Waals surface area (Å²) >= 11 is 0. The Hall–Kier alpha value is -0.350. The number of rotatable bonds is 12. The Morgan fingerprint density at radius 2 is 1.25 bits per heavy atom. The van der Waals surface area contributed by atoms with E-state index in [1.165, 1.54) is 70.5 Å². The van der Waals surface area contributed by atoms with Gasteiger partial charge in [-0.1, -0.05) is 71.3 Å². The predicted molar refractivity (Wildman–Crippen MR) is 75.6 cm³/mol. The first-order chi connectivity index (χ1) is 9.41. The van der Waals surface area contributed by atoms with E-state index in [0.717, 1.165) is 6.61 Å². The molecule has 0 aliphatic rings. The molecule has 0 aromatic carbocycles. The van der Waals surface area contributed by atoms with Crippen molar-refractivity contribution < 1.29 is 24.0 Å². The van der Waals surface area contributed by atoms with Crippen LogP contribution in [0.2, 0.25) is 0 Å². The fourth-order valence-corrected chi connectivity index (χ4v) is 1.76. The summed E-state index contributed by atoms with van der Waals surface area (Å²) in [6, 6.07) is 0. The van der Waals surface area contributed by atoms with Crippen molar-refractivity contribution in [3.05, 3.63) is 12.8 Å².